The molecule has 0 amide bonds. The molecule has 0 aromatic rings. The van der Waals surface area contributed by atoms with Gasteiger partial charge in [-0.15, -0.1) is 0 Å². The van der Waals surface area contributed by atoms with Crippen molar-refractivity contribution in [3.63, 3.8) is 0 Å². The van der Waals surface area contributed by atoms with E-state index in [1.165, 1.54) is 25.7 Å². The summed E-state index contributed by atoms with van der Waals surface area (Å²) in [6.07, 6.45) is 10.2. The Morgan fingerprint density at radius 2 is 1.59 bits per heavy atom. The number of esters is 1. The van der Waals surface area contributed by atoms with Crippen molar-refractivity contribution in [1.29, 1.82) is 0 Å². The molecule has 1 unspecified atom stereocenters. The van der Waals surface area contributed by atoms with Gasteiger partial charge >= 0.3 is 5.97 Å². The second kappa shape index (κ2) is 11.9. The van der Waals surface area contributed by atoms with Crippen LogP contribution in [-0.4, -0.2) is 12.6 Å². The topological polar surface area (TPSA) is 26.3 Å². The predicted molar refractivity (Wildman–Crippen MR) is 73.0 cm³/mol. The highest BCUT2D eigenvalue weighted by molar-refractivity contribution is 5.72. The normalized spacial score (nSPS) is 12.4. The van der Waals surface area contributed by atoms with Crippen LogP contribution in [0.3, 0.4) is 0 Å². The third-order valence-corrected chi connectivity index (χ3v) is 3.22. The lowest BCUT2D eigenvalue weighted by molar-refractivity contribution is -0.149. The van der Waals surface area contributed by atoms with E-state index >= 15 is 0 Å². The average molecular weight is 242 g/mol. The molecule has 2 heteroatoms. The third kappa shape index (κ3) is 9.20. The molecule has 17 heavy (non-hydrogen) atoms. The maximum absolute atomic E-state index is 11.8. The molecule has 0 heterocycles. The van der Waals surface area contributed by atoms with Gasteiger partial charge in [-0.1, -0.05) is 59.3 Å². The van der Waals surface area contributed by atoms with Gasteiger partial charge in [0, 0.05) is 0 Å². The molecule has 0 aliphatic heterocycles. The molecule has 1 atom stereocenters. The molecule has 0 aromatic carbocycles. The summed E-state index contributed by atoms with van der Waals surface area (Å²) < 4.78 is 5.32. The lowest BCUT2D eigenvalue weighted by atomic mass is 9.98. The molecule has 0 spiro atoms. The Bertz CT molecular complexity index is 178. The van der Waals surface area contributed by atoms with E-state index in [-0.39, 0.29) is 11.9 Å². The fourth-order valence-corrected chi connectivity index (χ4v) is 1.95. The molecular weight excluding hydrogens is 212 g/mol. The fraction of sp³-hybridized carbons (Fsp3) is 0.933. The molecule has 0 rings (SSSR count). The van der Waals surface area contributed by atoms with Crippen LogP contribution in [-0.2, 0) is 9.53 Å². The Hall–Kier alpha value is -0.530. The minimum Gasteiger partial charge on any atom is -0.465 e. The van der Waals surface area contributed by atoms with Crippen LogP contribution in [0.2, 0.25) is 0 Å². The van der Waals surface area contributed by atoms with Crippen molar-refractivity contribution in [2.75, 3.05) is 6.61 Å². The fourth-order valence-electron chi connectivity index (χ4n) is 1.95. The number of rotatable bonds is 11. The van der Waals surface area contributed by atoms with Gasteiger partial charge in [0.25, 0.3) is 0 Å². The van der Waals surface area contributed by atoms with E-state index in [1.807, 2.05) is 0 Å². The first-order valence-corrected chi connectivity index (χ1v) is 7.42. The zero-order valence-electron chi connectivity index (χ0n) is 12.0. The first kappa shape index (κ1) is 16.5. The van der Waals surface area contributed by atoms with Crippen molar-refractivity contribution in [3.8, 4) is 0 Å². The van der Waals surface area contributed by atoms with Gasteiger partial charge < -0.3 is 4.74 Å². The van der Waals surface area contributed by atoms with Crippen LogP contribution in [0.4, 0.5) is 0 Å². The molecule has 0 bridgehead atoms. The highest BCUT2D eigenvalue weighted by Crippen LogP contribution is 2.16. The molecule has 0 fully saturated rings. The molecule has 2 nitrogen and oxygen atoms in total. The second-order valence-electron chi connectivity index (χ2n) is 4.83. The molecule has 0 saturated carbocycles. The number of hydrogen-bond acceptors (Lipinski definition) is 2. The zero-order chi connectivity index (χ0) is 12.9. The van der Waals surface area contributed by atoms with Gasteiger partial charge in [-0.3, -0.25) is 4.79 Å². The molecular formula is C15H30O2. The van der Waals surface area contributed by atoms with Crippen LogP contribution in [0, 0.1) is 5.92 Å². The van der Waals surface area contributed by atoms with Gasteiger partial charge in [0.2, 0.25) is 0 Å². The third-order valence-electron chi connectivity index (χ3n) is 3.22. The van der Waals surface area contributed by atoms with Crippen LogP contribution in [0.25, 0.3) is 0 Å². The quantitative estimate of drug-likeness (QED) is 0.387. The number of unbranched alkanes of at least 4 members (excludes halogenated alkanes) is 5. The molecule has 0 aliphatic carbocycles. The number of ether oxygens (including phenoxy) is 1. The monoisotopic (exact) mass is 242 g/mol. The van der Waals surface area contributed by atoms with Crippen LogP contribution >= 0.6 is 0 Å². The maximum Gasteiger partial charge on any atom is 0.308 e. The van der Waals surface area contributed by atoms with E-state index in [2.05, 4.69) is 20.8 Å². The van der Waals surface area contributed by atoms with Gasteiger partial charge in [0.1, 0.15) is 0 Å². The molecule has 0 saturated heterocycles. The Balaban J connectivity index is 3.64. The van der Waals surface area contributed by atoms with E-state index in [4.69, 9.17) is 4.74 Å². The predicted octanol–water partition coefficient (Wildman–Crippen LogP) is 4.72. The lowest BCUT2D eigenvalue weighted by Gasteiger charge is -2.13. The summed E-state index contributed by atoms with van der Waals surface area (Å²) in [5.41, 5.74) is 0. The first-order valence-electron chi connectivity index (χ1n) is 7.42. The number of hydrogen-bond donors (Lipinski definition) is 0. The largest absolute Gasteiger partial charge is 0.465 e. The second-order valence-corrected chi connectivity index (χ2v) is 4.83. The zero-order valence-corrected chi connectivity index (χ0v) is 12.0. The molecule has 0 aliphatic rings. The van der Waals surface area contributed by atoms with Crippen molar-refractivity contribution < 1.29 is 9.53 Å². The van der Waals surface area contributed by atoms with Crippen molar-refractivity contribution >= 4 is 5.97 Å². The van der Waals surface area contributed by atoms with Gasteiger partial charge in [-0.25, -0.2) is 0 Å². The SMILES string of the molecule is CCCCCCC(CC)C(=O)OCCCCC. The van der Waals surface area contributed by atoms with E-state index < -0.39 is 0 Å². The summed E-state index contributed by atoms with van der Waals surface area (Å²) in [7, 11) is 0. The van der Waals surface area contributed by atoms with E-state index in [0.717, 1.165) is 32.1 Å². The van der Waals surface area contributed by atoms with E-state index in [9.17, 15) is 4.79 Å². The van der Waals surface area contributed by atoms with Crippen molar-refractivity contribution in [2.24, 2.45) is 5.92 Å². The summed E-state index contributed by atoms with van der Waals surface area (Å²) in [4.78, 5) is 11.8. The van der Waals surface area contributed by atoms with Crippen LogP contribution in [0.15, 0.2) is 0 Å². The standard InChI is InChI=1S/C15H30O2/c1-4-7-9-10-12-14(6-3)15(16)17-13-11-8-5-2/h14H,4-13H2,1-3H3. The van der Waals surface area contributed by atoms with Crippen LogP contribution in [0.1, 0.15) is 78.6 Å². The van der Waals surface area contributed by atoms with Crippen molar-refractivity contribution in [3.05, 3.63) is 0 Å². The average Bonchev–Trinajstić information content (AvgIpc) is 2.34. The Labute approximate surface area is 107 Å². The number of carbonyl (C=O) groups excluding carboxylic acids is 1. The number of carbonyl (C=O) groups is 1. The summed E-state index contributed by atoms with van der Waals surface area (Å²) in [6, 6.07) is 0. The van der Waals surface area contributed by atoms with E-state index in [0.29, 0.717) is 6.61 Å². The van der Waals surface area contributed by atoms with Gasteiger partial charge in [0.05, 0.1) is 12.5 Å². The highest BCUT2D eigenvalue weighted by atomic mass is 16.5. The Kier molecular flexibility index (Phi) is 11.6. The van der Waals surface area contributed by atoms with Crippen LogP contribution < -0.4 is 0 Å². The Morgan fingerprint density at radius 3 is 2.18 bits per heavy atom. The van der Waals surface area contributed by atoms with Crippen molar-refractivity contribution in [2.45, 2.75) is 78.6 Å². The molecule has 0 aromatic heterocycles. The summed E-state index contributed by atoms with van der Waals surface area (Å²) in [5.74, 6) is 0.161. The summed E-state index contributed by atoms with van der Waals surface area (Å²) in [5, 5.41) is 0. The van der Waals surface area contributed by atoms with Gasteiger partial charge in [0.15, 0.2) is 0 Å². The first-order chi connectivity index (χ1) is 8.26. The van der Waals surface area contributed by atoms with Crippen LogP contribution in [0.5, 0.6) is 0 Å². The minimum atomic E-state index is 0.0279. The smallest absolute Gasteiger partial charge is 0.308 e. The maximum atomic E-state index is 11.8. The van der Waals surface area contributed by atoms with Gasteiger partial charge in [-0.05, 0) is 19.3 Å². The molecule has 102 valence electrons. The summed E-state index contributed by atoms with van der Waals surface area (Å²) in [6.45, 7) is 7.06. The van der Waals surface area contributed by atoms with E-state index in [1.54, 1.807) is 0 Å². The van der Waals surface area contributed by atoms with Crippen molar-refractivity contribution in [1.82, 2.24) is 0 Å². The molecule has 0 radical (unpaired) electrons. The minimum absolute atomic E-state index is 0.0279. The van der Waals surface area contributed by atoms with Gasteiger partial charge in [-0.2, -0.15) is 0 Å². The molecule has 0 N–H and O–H groups in total. The Morgan fingerprint density at radius 1 is 0.941 bits per heavy atom. The lowest BCUT2D eigenvalue weighted by Crippen LogP contribution is -2.17. The highest BCUT2D eigenvalue weighted by Gasteiger charge is 2.16. The summed E-state index contributed by atoms with van der Waals surface area (Å²) >= 11 is 0.